The number of benzene rings is 2. The Bertz CT molecular complexity index is 890. The van der Waals surface area contributed by atoms with Crippen molar-refractivity contribution in [3.63, 3.8) is 0 Å². The van der Waals surface area contributed by atoms with Crippen molar-refractivity contribution >= 4 is 5.69 Å². The Morgan fingerprint density at radius 2 is 1.73 bits per heavy atom. The molecule has 1 N–H and O–H groups in total. The van der Waals surface area contributed by atoms with Crippen LogP contribution in [0.2, 0.25) is 0 Å². The lowest BCUT2D eigenvalue weighted by atomic mass is 10.1. The van der Waals surface area contributed by atoms with E-state index in [-0.39, 0.29) is 6.04 Å². The van der Waals surface area contributed by atoms with Gasteiger partial charge in [-0.15, -0.1) is 10.2 Å². The van der Waals surface area contributed by atoms with Gasteiger partial charge in [-0.1, -0.05) is 17.7 Å². The van der Waals surface area contributed by atoms with Gasteiger partial charge in [0.2, 0.25) is 11.8 Å². The number of hydrogen-bond acceptors (Lipinski definition) is 6. The first-order chi connectivity index (χ1) is 12.7. The van der Waals surface area contributed by atoms with E-state index in [2.05, 4.69) is 15.5 Å². The van der Waals surface area contributed by atoms with Crippen LogP contribution in [0.4, 0.5) is 5.69 Å². The van der Waals surface area contributed by atoms with Crippen LogP contribution in [-0.2, 0) is 0 Å². The van der Waals surface area contributed by atoms with Gasteiger partial charge in [-0.05, 0) is 38.1 Å². The summed E-state index contributed by atoms with van der Waals surface area (Å²) in [5, 5.41) is 11.7. The summed E-state index contributed by atoms with van der Waals surface area (Å²) < 4.78 is 17.2. The van der Waals surface area contributed by atoms with Crippen LogP contribution < -0.4 is 14.8 Å². The van der Waals surface area contributed by atoms with E-state index in [9.17, 15) is 0 Å². The van der Waals surface area contributed by atoms with Crippen LogP contribution >= 0.6 is 0 Å². The largest absolute Gasteiger partial charge is 0.490 e. The van der Waals surface area contributed by atoms with E-state index in [1.54, 1.807) is 0 Å². The zero-order valence-corrected chi connectivity index (χ0v) is 14.9. The number of anilines is 1. The van der Waals surface area contributed by atoms with Gasteiger partial charge in [0.25, 0.3) is 0 Å². The smallest absolute Gasteiger partial charge is 0.247 e. The van der Waals surface area contributed by atoms with Crippen molar-refractivity contribution in [1.82, 2.24) is 10.2 Å². The van der Waals surface area contributed by atoms with Crippen LogP contribution in [-0.4, -0.2) is 23.4 Å². The molecule has 1 aromatic heterocycles. The second-order valence-electron chi connectivity index (χ2n) is 6.39. The van der Waals surface area contributed by atoms with Crippen molar-refractivity contribution in [1.29, 1.82) is 0 Å². The molecule has 4 rings (SSSR count). The molecule has 0 spiro atoms. The van der Waals surface area contributed by atoms with Crippen molar-refractivity contribution in [2.45, 2.75) is 26.3 Å². The molecule has 0 saturated carbocycles. The standard InChI is InChI=1S/C20H21N3O3/c1-13-4-6-15(7-5-13)20-23-22-19(26-20)14(2)21-16-8-9-17-18(12-16)25-11-3-10-24-17/h4-9,12,14,21H,3,10-11H2,1-2H3/t14-/m1/s1. The zero-order chi connectivity index (χ0) is 17.9. The topological polar surface area (TPSA) is 69.4 Å². The average Bonchev–Trinajstić information content (AvgIpc) is 3.02. The molecule has 1 aliphatic heterocycles. The quantitative estimate of drug-likeness (QED) is 0.752. The van der Waals surface area contributed by atoms with Gasteiger partial charge >= 0.3 is 0 Å². The van der Waals surface area contributed by atoms with E-state index in [1.165, 1.54) is 5.56 Å². The summed E-state index contributed by atoms with van der Waals surface area (Å²) in [7, 11) is 0. The van der Waals surface area contributed by atoms with Crippen molar-refractivity contribution in [2.24, 2.45) is 0 Å². The summed E-state index contributed by atoms with van der Waals surface area (Å²) in [5.74, 6) is 2.59. The van der Waals surface area contributed by atoms with Gasteiger partial charge in [-0.2, -0.15) is 0 Å². The van der Waals surface area contributed by atoms with Crippen LogP contribution in [0.3, 0.4) is 0 Å². The maximum absolute atomic E-state index is 5.84. The van der Waals surface area contributed by atoms with Gasteiger partial charge in [-0.25, -0.2) is 0 Å². The van der Waals surface area contributed by atoms with E-state index in [4.69, 9.17) is 13.9 Å². The molecule has 26 heavy (non-hydrogen) atoms. The lowest BCUT2D eigenvalue weighted by Crippen LogP contribution is -2.07. The number of aryl methyl sites for hydroxylation is 1. The average molecular weight is 351 g/mol. The highest BCUT2D eigenvalue weighted by Gasteiger charge is 2.17. The molecule has 134 valence electrons. The maximum Gasteiger partial charge on any atom is 0.247 e. The molecule has 0 bridgehead atoms. The Labute approximate surface area is 152 Å². The fraction of sp³-hybridized carbons (Fsp3) is 0.300. The van der Waals surface area contributed by atoms with E-state index < -0.39 is 0 Å². The highest BCUT2D eigenvalue weighted by Crippen LogP contribution is 2.33. The second kappa shape index (κ2) is 7.07. The Morgan fingerprint density at radius 1 is 0.962 bits per heavy atom. The Kier molecular flexibility index (Phi) is 4.48. The Hall–Kier alpha value is -3.02. The van der Waals surface area contributed by atoms with Crippen LogP contribution in [0.5, 0.6) is 11.5 Å². The van der Waals surface area contributed by atoms with Crippen LogP contribution in [0.15, 0.2) is 46.9 Å². The summed E-state index contributed by atoms with van der Waals surface area (Å²) in [6.45, 7) is 5.37. The van der Waals surface area contributed by atoms with Gasteiger partial charge in [-0.3, -0.25) is 0 Å². The van der Waals surface area contributed by atoms with Crippen LogP contribution in [0.25, 0.3) is 11.5 Å². The Morgan fingerprint density at radius 3 is 2.54 bits per heavy atom. The number of ether oxygens (including phenoxy) is 2. The minimum atomic E-state index is -0.133. The molecule has 0 aliphatic carbocycles. The molecule has 1 aliphatic rings. The van der Waals surface area contributed by atoms with Crippen LogP contribution in [0, 0.1) is 6.92 Å². The first kappa shape index (κ1) is 16.4. The van der Waals surface area contributed by atoms with Gasteiger partial charge in [0.05, 0.1) is 13.2 Å². The highest BCUT2D eigenvalue weighted by molar-refractivity contribution is 5.56. The van der Waals surface area contributed by atoms with Gasteiger partial charge < -0.3 is 19.2 Å². The van der Waals surface area contributed by atoms with E-state index in [0.717, 1.165) is 29.2 Å². The second-order valence-corrected chi connectivity index (χ2v) is 6.39. The summed E-state index contributed by atoms with van der Waals surface area (Å²) in [5.41, 5.74) is 3.02. The van der Waals surface area contributed by atoms with Crippen LogP contribution in [0.1, 0.15) is 30.8 Å². The number of hydrogen-bond donors (Lipinski definition) is 1. The zero-order valence-electron chi connectivity index (χ0n) is 14.9. The number of rotatable bonds is 4. The maximum atomic E-state index is 5.84. The summed E-state index contributed by atoms with van der Waals surface area (Å²) in [4.78, 5) is 0. The fourth-order valence-electron chi connectivity index (χ4n) is 2.79. The fourth-order valence-corrected chi connectivity index (χ4v) is 2.79. The minimum Gasteiger partial charge on any atom is -0.490 e. The summed E-state index contributed by atoms with van der Waals surface area (Å²) in [6, 6.07) is 13.7. The van der Waals surface area contributed by atoms with Crippen molar-refractivity contribution in [3.05, 3.63) is 53.9 Å². The molecule has 2 heterocycles. The number of nitrogens with one attached hydrogen (secondary N) is 1. The molecular formula is C20H21N3O3. The molecule has 2 aromatic carbocycles. The normalized spacial score (nSPS) is 14.5. The lowest BCUT2D eigenvalue weighted by Gasteiger charge is -2.14. The first-order valence-electron chi connectivity index (χ1n) is 8.76. The van der Waals surface area contributed by atoms with Gasteiger partial charge in [0.15, 0.2) is 11.5 Å². The molecule has 6 nitrogen and oxygen atoms in total. The van der Waals surface area contributed by atoms with E-state index in [1.807, 2.05) is 56.3 Å². The molecule has 6 heteroatoms. The van der Waals surface area contributed by atoms with Crippen molar-refractivity contribution in [2.75, 3.05) is 18.5 Å². The molecule has 0 saturated heterocycles. The predicted molar refractivity (Wildman–Crippen MR) is 98.6 cm³/mol. The summed E-state index contributed by atoms with van der Waals surface area (Å²) >= 11 is 0. The van der Waals surface area contributed by atoms with E-state index >= 15 is 0 Å². The predicted octanol–water partition coefficient (Wildman–Crippen LogP) is 4.38. The third kappa shape index (κ3) is 3.49. The molecule has 0 amide bonds. The third-order valence-corrected chi connectivity index (χ3v) is 4.24. The number of nitrogens with zero attached hydrogens (tertiary/aromatic N) is 2. The molecule has 1 atom stereocenters. The van der Waals surface area contributed by atoms with Crippen molar-refractivity contribution < 1.29 is 13.9 Å². The van der Waals surface area contributed by atoms with Gasteiger partial charge in [0, 0.05) is 23.7 Å². The lowest BCUT2D eigenvalue weighted by molar-refractivity contribution is 0.297. The monoisotopic (exact) mass is 351 g/mol. The first-order valence-corrected chi connectivity index (χ1v) is 8.76. The number of fused-ring (bicyclic) bond motifs is 1. The molecular weight excluding hydrogens is 330 g/mol. The molecule has 0 fully saturated rings. The molecule has 0 radical (unpaired) electrons. The SMILES string of the molecule is Cc1ccc(-c2nnc([C@@H](C)Nc3ccc4c(c3)OCCCO4)o2)cc1. The Balaban J connectivity index is 1.49. The molecule has 3 aromatic rings. The van der Waals surface area contributed by atoms with Crippen molar-refractivity contribution in [3.8, 4) is 23.0 Å². The van der Waals surface area contributed by atoms with E-state index in [0.29, 0.717) is 25.0 Å². The third-order valence-electron chi connectivity index (χ3n) is 4.24. The summed E-state index contributed by atoms with van der Waals surface area (Å²) in [6.07, 6.45) is 0.887. The highest BCUT2D eigenvalue weighted by atomic mass is 16.5. The minimum absolute atomic E-state index is 0.133. The number of aromatic nitrogens is 2. The van der Waals surface area contributed by atoms with Gasteiger partial charge in [0.1, 0.15) is 6.04 Å². The molecule has 0 unspecified atom stereocenters.